The molecule has 0 saturated heterocycles. The van der Waals surface area contributed by atoms with Crippen LogP contribution in [0.3, 0.4) is 0 Å². The first-order chi connectivity index (χ1) is 14.5. The molecule has 3 aromatic heterocycles. The van der Waals surface area contributed by atoms with Gasteiger partial charge in [0.2, 0.25) is 0 Å². The predicted octanol–water partition coefficient (Wildman–Crippen LogP) is 4.38. The second kappa shape index (κ2) is 8.49. The fourth-order valence-corrected chi connectivity index (χ4v) is 4.59. The molecule has 0 bridgehead atoms. The van der Waals surface area contributed by atoms with Crippen LogP contribution in [0.2, 0.25) is 0 Å². The topological polar surface area (TPSA) is 53.7 Å². The Bertz CT molecular complexity index is 1200. The number of hydrogen-bond acceptors (Lipinski definition) is 5. The molecule has 1 amide bonds. The summed E-state index contributed by atoms with van der Waals surface area (Å²) in [5.74, 6) is -0.560. The van der Waals surface area contributed by atoms with Gasteiger partial charge in [0.1, 0.15) is 22.7 Å². The second-order valence-electron chi connectivity index (χ2n) is 7.04. The van der Waals surface area contributed by atoms with Crippen LogP contribution in [0.15, 0.2) is 42.6 Å². The van der Waals surface area contributed by atoms with E-state index in [1.165, 1.54) is 17.4 Å². The van der Waals surface area contributed by atoms with Gasteiger partial charge in [0, 0.05) is 19.3 Å². The zero-order valence-corrected chi connectivity index (χ0v) is 18.1. The van der Waals surface area contributed by atoms with Crippen LogP contribution >= 0.6 is 11.3 Å². The van der Waals surface area contributed by atoms with Gasteiger partial charge in [0.05, 0.1) is 10.4 Å². The quantitative estimate of drug-likeness (QED) is 0.441. The van der Waals surface area contributed by atoms with Gasteiger partial charge in [-0.1, -0.05) is 37.3 Å². The molecule has 4 aromatic rings. The molecule has 0 aliphatic carbocycles. The van der Waals surface area contributed by atoms with Gasteiger partial charge in [-0.3, -0.25) is 14.1 Å². The van der Waals surface area contributed by atoms with Crippen molar-refractivity contribution in [2.45, 2.75) is 20.8 Å². The first kappa shape index (κ1) is 20.4. The largest absolute Gasteiger partial charge is 0.302 e. The van der Waals surface area contributed by atoms with Crippen LogP contribution in [0.4, 0.5) is 9.52 Å². The summed E-state index contributed by atoms with van der Waals surface area (Å²) in [5, 5.41) is 0.498. The highest BCUT2D eigenvalue weighted by Crippen LogP contribution is 2.31. The van der Waals surface area contributed by atoms with Gasteiger partial charge in [0.25, 0.3) is 5.91 Å². The van der Waals surface area contributed by atoms with Crippen molar-refractivity contribution >= 4 is 38.2 Å². The molecule has 3 heterocycles. The van der Waals surface area contributed by atoms with Crippen molar-refractivity contribution in [1.29, 1.82) is 0 Å². The van der Waals surface area contributed by atoms with Gasteiger partial charge in [0.15, 0.2) is 5.13 Å². The summed E-state index contributed by atoms with van der Waals surface area (Å²) >= 11 is 1.33. The molecule has 0 saturated carbocycles. The number of pyridine rings is 1. The lowest BCUT2D eigenvalue weighted by atomic mass is 10.3. The van der Waals surface area contributed by atoms with E-state index in [4.69, 9.17) is 0 Å². The number of fused-ring (bicyclic) bond motifs is 2. The highest BCUT2D eigenvalue weighted by atomic mass is 32.1. The molecule has 0 fully saturated rings. The van der Waals surface area contributed by atoms with Crippen molar-refractivity contribution in [3.63, 3.8) is 0 Å². The van der Waals surface area contributed by atoms with Crippen LogP contribution in [-0.2, 0) is 0 Å². The Morgan fingerprint density at radius 2 is 1.90 bits per heavy atom. The smallest absolute Gasteiger partial charge is 0.279 e. The number of aryl methyl sites for hydroxylation is 1. The van der Waals surface area contributed by atoms with Gasteiger partial charge in [-0.2, -0.15) is 0 Å². The van der Waals surface area contributed by atoms with E-state index < -0.39 is 0 Å². The lowest BCUT2D eigenvalue weighted by molar-refractivity contribution is 0.0977. The third-order valence-corrected chi connectivity index (χ3v) is 6.32. The average Bonchev–Trinajstić information content (AvgIpc) is 3.32. The standard InChI is InChI=1S/C22H24FN5OS/c1-4-26(5-2)13-14-28(22-25-19-16(23)9-8-10-17(19)30-22)21(29)20-15(3)24-18-11-6-7-12-27(18)20/h6-12H,4-5,13-14H2,1-3H3. The molecule has 0 radical (unpaired) electrons. The number of carbonyl (C=O) groups is 1. The van der Waals surface area contributed by atoms with Crippen molar-refractivity contribution in [2.75, 3.05) is 31.1 Å². The number of anilines is 1. The minimum absolute atomic E-state index is 0.183. The molecule has 156 valence electrons. The molecule has 6 nitrogen and oxygen atoms in total. The first-order valence-electron chi connectivity index (χ1n) is 10.1. The van der Waals surface area contributed by atoms with E-state index in [1.54, 1.807) is 15.4 Å². The Hall–Kier alpha value is -2.84. The minimum atomic E-state index is -0.378. The summed E-state index contributed by atoms with van der Waals surface area (Å²) in [6, 6.07) is 10.5. The van der Waals surface area contributed by atoms with Crippen LogP contribution < -0.4 is 4.90 Å². The summed E-state index contributed by atoms with van der Waals surface area (Å²) in [7, 11) is 0. The van der Waals surface area contributed by atoms with Crippen LogP contribution in [0.1, 0.15) is 30.0 Å². The Balaban J connectivity index is 1.78. The van der Waals surface area contributed by atoms with Crippen molar-refractivity contribution in [2.24, 2.45) is 0 Å². The SMILES string of the molecule is CCN(CC)CCN(C(=O)c1c(C)nc2ccccn12)c1nc2c(F)cccc2s1. The maximum Gasteiger partial charge on any atom is 0.279 e. The number of hydrogen-bond donors (Lipinski definition) is 0. The van der Waals surface area contributed by atoms with E-state index in [2.05, 4.69) is 28.7 Å². The fourth-order valence-electron chi connectivity index (χ4n) is 3.58. The predicted molar refractivity (Wildman–Crippen MR) is 119 cm³/mol. The average molecular weight is 426 g/mol. The number of aromatic nitrogens is 3. The number of thiazole rings is 1. The fraction of sp³-hybridized carbons (Fsp3) is 0.318. The molecular formula is C22H24FN5OS. The number of carbonyl (C=O) groups excluding carboxylic acids is 1. The Morgan fingerprint density at radius 3 is 2.63 bits per heavy atom. The van der Waals surface area contributed by atoms with Crippen molar-refractivity contribution in [3.8, 4) is 0 Å². The number of para-hydroxylation sites is 1. The number of amides is 1. The second-order valence-corrected chi connectivity index (χ2v) is 8.05. The molecule has 4 rings (SSSR count). The van der Waals surface area contributed by atoms with Gasteiger partial charge < -0.3 is 4.90 Å². The van der Waals surface area contributed by atoms with Gasteiger partial charge in [-0.05, 0) is 44.3 Å². The first-order valence-corrected chi connectivity index (χ1v) is 10.9. The van der Waals surface area contributed by atoms with Crippen LogP contribution in [0.5, 0.6) is 0 Å². The molecule has 8 heteroatoms. The number of rotatable bonds is 7. The van der Waals surface area contributed by atoms with Crippen molar-refractivity contribution in [1.82, 2.24) is 19.3 Å². The van der Waals surface area contributed by atoms with Crippen molar-refractivity contribution in [3.05, 3.63) is 59.8 Å². The van der Waals surface area contributed by atoms with Crippen LogP contribution in [0, 0.1) is 12.7 Å². The van der Waals surface area contributed by atoms with E-state index in [9.17, 15) is 9.18 Å². The Kier molecular flexibility index (Phi) is 5.78. The van der Waals surface area contributed by atoms with E-state index in [-0.39, 0.29) is 11.7 Å². The molecule has 0 atom stereocenters. The summed E-state index contributed by atoms with van der Waals surface area (Å²) in [5.41, 5.74) is 2.18. The van der Waals surface area contributed by atoms with Gasteiger partial charge >= 0.3 is 0 Å². The van der Waals surface area contributed by atoms with Crippen LogP contribution in [-0.4, -0.2) is 51.4 Å². The van der Waals surface area contributed by atoms with Crippen molar-refractivity contribution < 1.29 is 9.18 Å². The van der Waals surface area contributed by atoms with Crippen LogP contribution in [0.25, 0.3) is 15.9 Å². The van der Waals surface area contributed by atoms with Gasteiger partial charge in [-0.25, -0.2) is 14.4 Å². The molecule has 0 spiro atoms. The lowest BCUT2D eigenvalue weighted by Gasteiger charge is -2.24. The molecule has 0 aliphatic heterocycles. The molecule has 0 N–H and O–H groups in total. The van der Waals surface area contributed by atoms with Gasteiger partial charge in [-0.15, -0.1) is 0 Å². The zero-order valence-electron chi connectivity index (χ0n) is 17.3. The Morgan fingerprint density at radius 1 is 1.10 bits per heavy atom. The summed E-state index contributed by atoms with van der Waals surface area (Å²) in [4.78, 5) is 26.6. The van der Waals surface area contributed by atoms with E-state index in [0.717, 1.165) is 23.4 Å². The summed E-state index contributed by atoms with van der Waals surface area (Å²) < 4.78 is 16.8. The third kappa shape index (κ3) is 3.68. The highest BCUT2D eigenvalue weighted by Gasteiger charge is 2.26. The molecular weight excluding hydrogens is 401 g/mol. The zero-order chi connectivity index (χ0) is 21.3. The van der Waals surface area contributed by atoms with E-state index in [0.29, 0.717) is 35.1 Å². The third-order valence-electron chi connectivity index (χ3n) is 5.28. The monoisotopic (exact) mass is 425 g/mol. The minimum Gasteiger partial charge on any atom is -0.302 e. The highest BCUT2D eigenvalue weighted by molar-refractivity contribution is 7.22. The number of nitrogens with zero attached hydrogens (tertiary/aromatic N) is 5. The molecule has 0 aliphatic rings. The van der Waals surface area contributed by atoms with E-state index in [1.807, 2.05) is 37.4 Å². The lowest BCUT2D eigenvalue weighted by Crippen LogP contribution is -2.39. The maximum atomic E-state index is 14.3. The number of halogens is 1. The number of benzene rings is 1. The summed E-state index contributed by atoms with van der Waals surface area (Å²) in [6.07, 6.45) is 1.84. The maximum absolute atomic E-state index is 14.3. The van der Waals surface area contributed by atoms with E-state index >= 15 is 0 Å². The number of likely N-dealkylation sites (N-methyl/N-ethyl adjacent to an activating group) is 1. The Labute approximate surface area is 178 Å². The molecule has 30 heavy (non-hydrogen) atoms. The number of imidazole rings is 1. The molecule has 1 aromatic carbocycles. The normalized spacial score (nSPS) is 11.6. The molecule has 0 unspecified atom stereocenters. The summed E-state index contributed by atoms with van der Waals surface area (Å²) in [6.45, 7) is 8.97.